The Morgan fingerprint density at radius 1 is 1.03 bits per heavy atom. The number of fused-ring (bicyclic) bond motifs is 2. The summed E-state index contributed by atoms with van der Waals surface area (Å²) in [5, 5.41) is 3.84. The van der Waals surface area contributed by atoms with Crippen LogP contribution in [-0.2, 0) is 19.4 Å². The van der Waals surface area contributed by atoms with Crippen molar-refractivity contribution in [1.29, 1.82) is 0 Å². The molecule has 2 fully saturated rings. The fraction of sp³-hybridized carbons (Fsp3) is 0.593. The van der Waals surface area contributed by atoms with Crippen LogP contribution in [0, 0.1) is 0 Å². The lowest BCUT2D eigenvalue weighted by Crippen LogP contribution is -2.48. The number of likely N-dealkylation sites (N-methyl/N-ethyl adjacent to an activating group) is 1. The van der Waals surface area contributed by atoms with Gasteiger partial charge in [0.15, 0.2) is 0 Å². The number of anilines is 1. The van der Waals surface area contributed by atoms with Crippen molar-refractivity contribution in [3.8, 4) is 0 Å². The molecule has 1 N–H and O–H groups in total. The van der Waals surface area contributed by atoms with Gasteiger partial charge >= 0.3 is 0 Å². The summed E-state index contributed by atoms with van der Waals surface area (Å²) < 4.78 is 0. The van der Waals surface area contributed by atoms with Gasteiger partial charge in [-0.3, -0.25) is 14.8 Å². The predicted octanol–water partition coefficient (Wildman–Crippen LogP) is 3.39. The maximum Gasteiger partial charge on any atom is 0.0607 e. The van der Waals surface area contributed by atoms with Gasteiger partial charge in [-0.05, 0) is 74.4 Å². The van der Waals surface area contributed by atoms with Gasteiger partial charge in [0.25, 0.3) is 0 Å². The maximum absolute atomic E-state index is 4.78. The van der Waals surface area contributed by atoms with Crippen molar-refractivity contribution in [2.75, 3.05) is 44.7 Å². The van der Waals surface area contributed by atoms with Gasteiger partial charge in [-0.25, -0.2) is 0 Å². The van der Waals surface area contributed by atoms with E-state index in [1.807, 2.05) is 6.20 Å². The number of benzene rings is 1. The van der Waals surface area contributed by atoms with Crippen molar-refractivity contribution in [1.82, 2.24) is 20.1 Å². The SMILES string of the molecule is CN(C[C@H]1Cc2c(cccc2N2CCN(C3CC3)CC2)CN1)C1CCCc2cccnc21. The molecule has 2 aliphatic heterocycles. The fourth-order valence-corrected chi connectivity index (χ4v) is 6.28. The van der Waals surface area contributed by atoms with Crippen molar-refractivity contribution in [2.45, 2.75) is 63.2 Å². The van der Waals surface area contributed by atoms with E-state index in [1.54, 1.807) is 5.56 Å². The van der Waals surface area contributed by atoms with Crippen LogP contribution in [0.4, 0.5) is 5.69 Å². The molecule has 1 unspecified atom stereocenters. The third-order valence-electron chi connectivity index (χ3n) is 8.20. The highest BCUT2D eigenvalue weighted by Gasteiger charge is 2.33. The summed E-state index contributed by atoms with van der Waals surface area (Å²) >= 11 is 0. The Balaban J connectivity index is 1.15. The zero-order chi connectivity index (χ0) is 21.5. The van der Waals surface area contributed by atoms with Gasteiger partial charge in [-0.2, -0.15) is 0 Å². The van der Waals surface area contributed by atoms with E-state index in [1.165, 1.54) is 80.8 Å². The Morgan fingerprint density at radius 3 is 2.72 bits per heavy atom. The summed E-state index contributed by atoms with van der Waals surface area (Å²) in [6, 6.07) is 13.2. The molecule has 4 aliphatic rings. The number of hydrogen-bond acceptors (Lipinski definition) is 5. The monoisotopic (exact) mass is 431 g/mol. The smallest absolute Gasteiger partial charge is 0.0607 e. The van der Waals surface area contributed by atoms with E-state index in [4.69, 9.17) is 4.98 Å². The van der Waals surface area contributed by atoms with E-state index >= 15 is 0 Å². The van der Waals surface area contributed by atoms with Crippen LogP contribution in [0.5, 0.6) is 0 Å². The summed E-state index contributed by atoms with van der Waals surface area (Å²) in [5.74, 6) is 0. The minimum absolute atomic E-state index is 0.453. The van der Waals surface area contributed by atoms with Gasteiger partial charge in [0, 0.05) is 63.2 Å². The van der Waals surface area contributed by atoms with Crippen LogP contribution in [0.3, 0.4) is 0 Å². The zero-order valence-electron chi connectivity index (χ0n) is 19.5. The molecule has 6 rings (SSSR count). The number of rotatable bonds is 5. The molecule has 1 aromatic heterocycles. The molecule has 3 heterocycles. The molecule has 0 spiro atoms. The van der Waals surface area contributed by atoms with Gasteiger partial charge in [0.1, 0.15) is 0 Å². The molecule has 2 aromatic rings. The van der Waals surface area contributed by atoms with Crippen LogP contribution in [0.25, 0.3) is 0 Å². The van der Waals surface area contributed by atoms with Gasteiger partial charge in [-0.1, -0.05) is 18.2 Å². The molecular weight excluding hydrogens is 394 g/mol. The van der Waals surface area contributed by atoms with E-state index in [-0.39, 0.29) is 0 Å². The van der Waals surface area contributed by atoms with E-state index in [9.17, 15) is 0 Å². The second-order valence-corrected chi connectivity index (χ2v) is 10.3. The average Bonchev–Trinajstić information content (AvgIpc) is 3.69. The number of aromatic nitrogens is 1. The van der Waals surface area contributed by atoms with Gasteiger partial charge < -0.3 is 10.2 Å². The van der Waals surface area contributed by atoms with Crippen LogP contribution in [0.15, 0.2) is 36.5 Å². The molecular formula is C27H37N5. The molecule has 1 saturated heterocycles. The number of nitrogens with zero attached hydrogens (tertiary/aromatic N) is 4. The minimum Gasteiger partial charge on any atom is -0.369 e. The number of piperazine rings is 1. The molecule has 0 radical (unpaired) electrons. The van der Waals surface area contributed by atoms with Crippen molar-refractivity contribution >= 4 is 5.69 Å². The lowest BCUT2D eigenvalue weighted by molar-refractivity contribution is 0.190. The molecule has 0 bridgehead atoms. The highest BCUT2D eigenvalue weighted by molar-refractivity contribution is 5.58. The largest absolute Gasteiger partial charge is 0.369 e. The number of nitrogens with one attached hydrogen (secondary N) is 1. The van der Waals surface area contributed by atoms with E-state index < -0.39 is 0 Å². The van der Waals surface area contributed by atoms with Gasteiger partial charge in [0.2, 0.25) is 0 Å². The Bertz CT molecular complexity index is 947. The molecule has 32 heavy (non-hydrogen) atoms. The van der Waals surface area contributed by atoms with Crippen LogP contribution in [0.1, 0.15) is 54.1 Å². The molecule has 0 amide bonds. The Kier molecular flexibility index (Phi) is 5.66. The first-order valence-corrected chi connectivity index (χ1v) is 12.7. The third kappa shape index (κ3) is 4.07. The molecule has 2 aliphatic carbocycles. The quantitative estimate of drug-likeness (QED) is 0.785. The normalized spacial score (nSPS) is 26.1. The molecule has 2 atom stereocenters. The average molecular weight is 432 g/mol. The topological polar surface area (TPSA) is 34.6 Å². The standard InChI is InChI=1S/C27H37N5/c1-30(26-9-2-5-20-7-4-12-28-27(20)26)19-22-17-24-21(18-29-22)6-3-8-25(24)32-15-13-31(14-16-32)23-10-11-23/h3-4,6-8,12,22-23,26,29H,2,5,9-11,13-19H2,1H3/t22-,26?/m1/s1. The minimum atomic E-state index is 0.453. The maximum atomic E-state index is 4.78. The van der Waals surface area contributed by atoms with Crippen molar-refractivity contribution in [3.05, 3.63) is 58.9 Å². The van der Waals surface area contributed by atoms with E-state index in [2.05, 4.69) is 57.4 Å². The van der Waals surface area contributed by atoms with Crippen LogP contribution in [0.2, 0.25) is 0 Å². The lowest BCUT2D eigenvalue weighted by atomic mass is 9.89. The zero-order valence-corrected chi connectivity index (χ0v) is 19.5. The van der Waals surface area contributed by atoms with Gasteiger partial charge in [0.05, 0.1) is 11.7 Å². The summed E-state index contributed by atoms with van der Waals surface area (Å²) in [4.78, 5) is 12.7. The molecule has 1 aromatic carbocycles. The first kappa shape index (κ1) is 20.6. The molecule has 5 heteroatoms. The number of hydrogen-bond donors (Lipinski definition) is 1. The van der Waals surface area contributed by atoms with Crippen LogP contribution in [-0.4, -0.2) is 66.6 Å². The third-order valence-corrected chi connectivity index (χ3v) is 8.20. The van der Waals surface area contributed by atoms with E-state index in [0.717, 1.165) is 25.6 Å². The first-order chi connectivity index (χ1) is 15.8. The van der Waals surface area contributed by atoms with Gasteiger partial charge in [-0.15, -0.1) is 0 Å². The summed E-state index contributed by atoms with van der Waals surface area (Å²) in [7, 11) is 2.30. The summed E-state index contributed by atoms with van der Waals surface area (Å²) in [6.45, 7) is 6.87. The predicted molar refractivity (Wildman–Crippen MR) is 130 cm³/mol. The summed E-state index contributed by atoms with van der Waals surface area (Å²) in [6.07, 6.45) is 9.60. The van der Waals surface area contributed by atoms with Crippen LogP contribution < -0.4 is 10.2 Å². The van der Waals surface area contributed by atoms with Crippen molar-refractivity contribution < 1.29 is 0 Å². The highest BCUT2D eigenvalue weighted by Crippen LogP contribution is 2.34. The van der Waals surface area contributed by atoms with Crippen molar-refractivity contribution in [2.24, 2.45) is 0 Å². The Morgan fingerprint density at radius 2 is 1.88 bits per heavy atom. The lowest BCUT2D eigenvalue weighted by Gasteiger charge is -2.40. The number of aryl methyl sites for hydroxylation is 1. The second-order valence-electron chi connectivity index (χ2n) is 10.3. The molecule has 1 saturated carbocycles. The fourth-order valence-electron chi connectivity index (χ4n) is 6.28. The molecule has 5 nitrogen and oxygen atoms in total. The van der Waals surface area contributed by atoms with Crippen molar-refractivity contribution in [3.63, 3.8) is 0 Å². The van der Waals surface area contributed by atoms with E-state index in [0.29, 0.717) is 12.1 Å². The number of pyridine rings is 1. The highest BCUT2D eigenvalue weighted by atomic mass is 15.3. The second kappa shape index (κ2) is 8.77. The van der Waals surface area contributed by atoms with Crippen LogP contribution >= 0.6 is 0 Å². The Labute approximate surface area is 192 Å². The first-order valence-electron chi connectivity index (χ1n) is 12.7. The Hall–Kier alpha value is -1.95. The molecule has 170 valence electrons. The summed E-state index contributed by atoms with van der Waals surface area (Å²) in [5.41, 5.74) is 7.34.